The highest BCUT2D eigenvalue weighted by Gasteiger charge is 2.34. The Morgan fingerprint density at radius 1 is 1.15 bits per heavy atom. The van der Waals surface area contributed by atoms with E-state index in [0.29, 0.717) is 12.3 Å². The number of nitrogens with one attached hydrogen (secondary N) is 2. The maximum Gasteiger partial charge on any atom is 0.182 e. The molecule has 26 heavy (non-hydrogen) atoms. The molecule has 1 aromatic carbocycles. The van der Waals surface area contributed by atoms with Crippen molar-refractivity contribution < 1.29 is 9.47 Å². The number of hydrogen-bond acceptors (Lipinski definition) is 6. The van der Waals surface area contributed by atoms with Gasteiger partial charge in [-0.15, -0.1) is 0 Å². The summed E-state index contributed by atoms with van der Waals surface area (Å²) >= 11 is 0. The van der Waals surface area contributed by atoms with Crippen LogP contribution in [0.25, 0.3) is 11.2 Å². The molecule has 0 saturated carbocycles. The van der Waals surface area contributed by atoms with E-state index >= 15 is 0 Å². The van der Waals surface area contributed by atoms with Crippen molar-refractivity contribution >= 4 is 17.0 Å². The average molecular weight is 353 g/mol. The molecule has 3 heterocycles. The van der Waals surface area contributed by atoms with Crippen molar-refractivity contribution in [3.8, 4) is 5.75 Å². The number of rotatable bonds is 6. The largest absolute Gasteiger partial charge is 0.494 e. The van der Waals surface area contributed by atoms with Gasteiger partial charge in [0.05, 0.1) is 12.9 Å². The van der Waals surface area contributed by atoms with Gasteiger partial charge in [-0.2, -0.15) is 0 Å². The Kier molecular flexibility index (Phi) is 4.71. The van der Waals surface area contributed by atoms with E-state index in [2.05, 4.69) is 37.4 Å². The Morgan fingerprint density at radius 2 is 1.96 bits per heavy atom. The van der Waals surface area contributed by atoms with Crippen LogP contribution in [-0.4, -0.2) is 46.3 Å². The van der Waals surface area contributed by atoms with Gasteiger partial charge in [0.2, 0.25) is 0 Å². The Labute approximate surface area is 152 Å². The van der Waals surface area contributed by atoms with Crippen LogP contribution < -0.4 is 10.1 Å². The van der Waals surface area contributed by atoms with Gasteiger partial charge in [-0.3, -0.25) is 0 Å². The third kappa shape index (κ3) is 3.22. The van der Waals surface area contributed by atoms with E-state index < -0.39 is 0 Å². The molecule has 2 aromatic heterocycles. The lowest BCUT2D eigenvalue weighted by molar-refractivity contribution is 0.0543. The molecule has 0 unspecified atom stereocenters. The summed E-state index contributed by atoms with van der Waals surface area (Å²) < 4.78 is 11.2. The minimum Gasteiger partial charge on any atom is -0.494 e. The molecule has 1 saturated heterocycles. The average Bonchev–Trinajstić information content (AvgIpc) is 3.17. The third-order valence-electron chi connectivity index (χ3n) is 5.04. The van der Waals surface area contributed by atoms with Crippen molar-refractivity contribution in [2.75, 3.05) is 31.7 Å². The molecule has 0 amide bonds. The molecule has 1 aliphatic rings. The second kappa shape index (κ2) is 7.29. The van der Waals surface area contributed by atoms with Crippen LogP contribution in [0.1, 0.15) is 25.3 Å². The minimum absolute atomic E-state index is 0.000287. The first kappa shape index (κ1) is 16.8. The number of hydrogen-bond donors (Lipinski definition) is 2. The molecule has 0 aliphatic carbocycles. The van der Waals surface area contributed by atoms with Crippen LogP contribution in [-0.2, 0) is 10.2 Å². The first-order valence-electron chi connectivity index (χ1n) is 9.00. The molecule has 7 nitrogen and oxygen atoms in total. The fraction of sp³-hybridized carbons (Fsp3) is 0.421. The van der Waals surface area contributed by atoms with Gasteiger partial charge in [0, 0.05) is 25.2 Å². The summed E-state index contributed by atoms with van der Waals surface area (Å²) in [4.78, 5) is 15.9. The molecule has 0 spiro atoms. The van der Waals surface area contributed by atoms with E-state index in [1.54, 1.807) is 12.7 Å². The van der Waals surface area contributed by atoms with E-state index in [-0.39, 0.29) is 5.41 Å². The van der Waals surface area contributed by atoms with Gasteiger partial charge in [0.1, 0.15) is 17.6 Å². The predicted octanol–water partition coefficient (Wildman–Crippen LogP) is 2.91. The second-order valence-corrected chi connectivity index (χ2v) is 6.53. The maximum absolute atomic E-state index is 5.62. The van der Waals surface area contributed by atoms with Gasteiger partial charge in [0.15, 0.2) is 11.5 Å². The predicted molar refractivity (Wildman–Crippen MR) is 99.5 cm³/mol. The molecule has 1 aliphatic heterocycles. The monoisotopic (exact) mass is 353 g/mol. The van der Waals surface area contributed by atoms with Crippen LogP contribution in [0, 0.1) is 0 Å². The lowest BCUT2D eigenvalue weighted by Crippen LogP contribution is -2.40. The number of anilines is 1. The minimum atomic E-state index is 0.000287. The van der Waals surface area contributed by atoms with Crippen LogP contribution in [0.4, 0.5) is 5.82 Å². The Hall–Kier alpha value is -2.67. The van der Waals surface area contributed by atoms with E-state index in [9.17, 15) is 0 Å². The number of aromatic amines is 1. The lowest BCUT2D eigenvalue weighted by atomic mass is 9.74. The van der Waals surface area contributed by atoms with E-state index in [4.69, 9.17) is 9.47 Å². The zero-order valence-electron chi connectivity index (χ0n) is 14.9. The topological polar surface area (TPSA) is 85.0 Å². The van der Waals surface area contributed by atoms with Crippen molar-refractivity contribution in [3.05, 3.63) is 42.5 Å². The molecule has 3 aromatic rings. The van der Waals surface area contributed by atoms with Crippen LogP contribution in [0.3, 0.4) is 0 Å². The normalized spacial score (nSPS) is 16.5. The quantitative estimate of drug-likeness (QED) is 0.709. The number of H-pyrrole nitrogens is 1. The smallest absolute Gasteiger partial charge is 0.182 e. The standard InChI is InChI=1S/C19H23N5O2/c1-2-26-15-5-3-14(4-6-15)19(7-9-25-10-8-19)11-20-17-16-18(22-12-21-16)24-13-23-17/h3-6,12-13H,2,7-11H2,1H3,(H2,20,21,22,23,24). The molecular formula is C19H23N5O2. The first-order chi connectivity index (χ1) is 12.8. The Balaban J connectivity index is 1.59. The number of fused-ring (bicyclic) bond motifs is 1. The zero-order valence-corrected chi connectivity index (χ0v) is 14.9. The number of benzene rings is 1. The molecular weight excluding hydrogens is 330 g/mol. The lowest BCUT2D eigenvalue weighted by Gasteiger charge is -2.38. The first-order valence-corrected chi connectivity index (χ1v) is 9.00. The van der Waals surface area contributed by atoms with Crippen LogP contribution in [0.5, 0.6) is 5.75 Å². The second-order valence-electron chi connectivity index (χ2n) is 6.53. The van der Waals surface area contributed by atoms with Crippen LogP contribution >= 0.6 is 0 Å². The summed E-state index contributed by atoms with van der Waals surface area (Å²) in [6, 6.07) is 8.44. The van der Waals surface area contributed by atoms with Gasteiger partial charge in [-0.1, -0.05) is 12.1 Å². The van der Waals surface area contributed by atoms with Crippen molar-refractivity contribution in [1.29, 1.82) is 0 Å². The highest BCUT2D eigenvalue weighted by molar-refractivity contribution is 5.81. The number of nitrogens with zero attached hydrogens (tertiary/aromatic N) is 3. The number of imidazole rings is 1. The summed E-state index contributed by atoms with van der Waals surface area (Å²) in [6.45, 7) is 4.97. The van der Waals surface area contributed by atoms with Crippen molar-refractivity contribution in [3.63, 3.8) is 0 Å². The highest BCUT2D eigenvalue weighted by Crippen LogP contribution is 2.36. The van der Waals surface area contributed by atoms with Gasteiger partial charge < -0.3 is 19.8 Å². The molecule has 0 atom stereocenters. The van der Waals surface area contributed by atoms with Gasteiger partial charge >= 0.3 is 0 Å². The molecule has 0 radical (unpaired) electrons. The summed E-state index contributed by atoms with van der Waals surface area (Å²) in [5, 5.41) is 3.51. The summed E-state index contributed by atoms with van der Waals surface area (Å²) in [5.74, 6) is 1.69. The van der Waals surface area contributed by atoms with Crippen LogP contribution in [0.2, 0.25) is 0 Å². The summed E-state index contributed by atoms with van der Waals surface area (Å²) in [7, 11) is 0. The number of ether oxygens (including phenoxy) is 2. The number of aromatic nitrogens is 4. The molecule has 1 fully saturated rings. The molecule has 136 valence electrons. The molecule has 2 N–H and O–H groups in total. The maximum atomic E-state index is 5.62. The van der Waals surface area contributed by atoms with E-state index in [1.165, 1.54) is 5.56 Å². The Bertz CT molecular complexity index is 856. The van der Waals surface area contributed by atoms with Gasteiger partial charge in [0.25, 0.3) is 0 Å². The molecule has 0 bridgehead atoms. The van der Waals surface area contributed by atoms with Crippen molar-refractivity contribution in [1.82, 2.24) is 19.9 Å². The zero-order chi connectivity index (χ0) is 17.8. The van der Waals surface area contributed by atoms with Crippen LogP contribution in [0.15, 0.2) is 36.9 Å². The van der Waals surface area contributed by atoms with E-state index in [0.717, 1.165) is 49.7 Å². The fourth-order valence-corrected chi connectivity index (χ4v) is 3.55. The van der Waals surface area contributed by atoms with Crippen molar-refractivity contribution in [2.24, 2.45) is 0 Å². The molecule has 4 rings (SSSR count). The molecule has 7 heteroatoms. The highest BCUT2D eigenvalue weighted by atomic mass is 16.5. The summed E-state index contributed by atoms with van der Waals surface area (Å²) in [6.07, 6.45) is 5.11. The SMILES string of the molecule is CCOc1ccc(C2(CNc3ncnc4nc[nH]c34)CCOCC2)cc1. The fourth-order valence-electron chi connectivity index (χ4n) is 3.55. The van der Waals surface area contributed by atoms with Gasteiger partial charge in [-0.05, 0) is 37.5 Å². The van der Waals surface area contributed by atoms with Gasteiger partial charge in [-0.25, -0.2) is 15.0 Å². The van der Waals surface area contributed by atoms with E-state index in [1.807, 2.05) is 19.1 Å². The summed E-state index contributed by atoms with van der Waals surface area (Å²) in [5.41, 5.74) is 2.80. The van der Waals surface area contributed by atoms with Crippen molar-refractivity contribution in [2.45, 2.75) is 25.2 Å². The third-order valence-corrected chi connectivity index (χ3v) is 5.04. The Morgan fingerprint density at radius 3 is 2.73 bits per heavy atom.